The summed E-state index contributed by atoms with van der Waals surface area (Å²) >= 11 is 0. The van der Waals surface area contributed by atoms with E-state index in [1.54, 1.807) is 20.8 Å². The Morgan fingerprint density at radius 2 is 2.00 bits per heavy atom. The maximum absolute atomic E-state index is 11.4. The summed E-state index contributed by atoms with van der Waals surface area (Å²) in [6.07, 6.45) is 0. The summed E-state index contributed by atoms with van der Waals surface area (Å²) in [6.45, 7) is 4.42. The molecule has 0 unspecified atom stereocenters. The van der Waals surface area contributed by atoms with Gasteiger partial charge < -0.3 is 14.7 Å². The topological polar surface area (TPSA) is 128 Å². The molecule has 0 saturated carbocycles. The zero-order valence-corrected chi connectivity index (χ0v) is 12.8. The van der Waals surface area contributed by atoms with Gasteiger partial charge in [0.05, 0.1) is 4.92 Å². The van der Waals surface area contributed by atoms with Crippen molar-refractivity contribution in [3.63, 3.8) is 0 Å². The second-order valence-corrected chi connectivity index (χ2v) is 5.41. The van der Waals surface area contributed by atoms with Gasteiger partial charge in [-0.1, -0.05) is 17.3 Å². The van der Waals surface area contributed by atoms with E-state index in [2.05, 4.69) is 9.99 Å². The molecule has 1 aromatic carbocycles. The van der Waals surface area contributed by atoms with Gasteiger partial charge >= 0.3 is 11.9 Å². The minimum Gasteiger partial charge on any atom is -0.476 e. The Hall–Kier alpha value is -2.97. The number of carbonyl (C=O) groups excluding carboxylic acids is 1. The normalized spacial score (nSPS) is 11.7. The lowest BCUT2D eigenvalue weighted by Gasteiger charge is -2.18. The maximum Gasteiger partial charge on any atom is 0.358 e. The summed E-state index contributed by atoms with van der Waals surface area (Å²) in [4.78, 5) is 37.4. The van der Waals surface area contributed by atoms with E-state index >= 15 is 0 Å². The van der Waals surface area contributed by atoms with Gasteiger partial charge in [-0.3, -0.25) is 10.1 Å². The summed E-state index contributed by atoms with van der Waals surface area (Å²) in [6, 6.07) is 4.91. The fourth-order valence-corrected chi connectivity index (χ4v) is 1.50. The van der Waals surface area contributed by atoms with Crippen molar-refractivity contribution < 1.29 is 29.2 Å². The SMILES string of the molecule is CC(C)(C)OC(=O)CO/N=C(\C(=O)O)c1cccc([N+](=O)[O-])c1. The standard InChI is InChI=1S/C14H16N2O7/c1-14(2,3)23-11(17)8-22-15-12(13(18)19)9-5-4-6-10(7-9)16(20)21/h4-7H,8H2,1-3H3,(H,18,19)/b15-12-. The molecule has 23 heavy (non-hydrogen) atoms. The molecule has 9 nitrogen and oxygen atoms in total. The number of hydrogen-bond acceptors (Lipinski definition) is 7. The van der Waals surface area contributed by atoms with Gasteiger partial charge in [-0.15, -0.1) is 0 Å². The molecule has 0 saturated heterocycles. The molecule has 1 rings (SSSR count). The number of carbonyl (C=O) groups is 2. The fraction of sp³-hybridized carbons (Fsp3) is 0.357. The lowest BCUT2D eigenvalue weighted by Crippen LogP contribution is -2.26. The van der Waals surface area contributed by atoms with Crippen LogP contribution in [0, 0.1) is 10.1 Å². The molecule has 0 aliphatic carbocycles. The monoisotopic (exact) mass is 324 g/mol. The van der Waals surface area contributed by atoms with E-state index in [0.29, 0.717) is 0 Å². The van der Waals surface area contributed by atoms with Gasteiger partial charge in [0.1, 0.15) is 5.60 Å². The van der Waals surface area contributed by atoms with Gasteiger partial charge in [-0.25, -0.2) is 9.59 Å². The van der Waals surface area contributed by atoms with E-state index in [-0.39, 0.29) is 11.3 Å². The first kappa shape index (κ1) is 18.1. The average molecular weight is 324 g/mol. The number of esters is 1. The van der Waals surface area contributed by atoms with Crippen molar-refractivity contribution in [1.82, 2.24) is 0 Å². The van der Waals surface area contributed by atoms with E-state index in [1.165, 1.54) is 18.2 Å². The number of non-ortho nitro benzene ring substituents is 1. The zero-order valence-electron chi connectivity index (χ0n) is 12.8. The maximum atomic E-state index is 11.4. The summed E-state index contributed by atoms with van der Waals surface area (Å²) in [5.74, 6) is -2.17. The largest absolute Gasteiger partial charge is 0.476 e. The Labute approximate surface area is 131 Å². The third-order valence-electron chi connectivity index (χ3n) is 2.29. The van der Waals surface area contributed by atoms with Crippen molar-refractivity contribution in [1.29, 1.82) is 0 Å². The average Bonchev–Trinajstić information content (AvgIpc) is 2.41. The number of rotatable bonds is 6. The van der Waals surface area contributed by atoms with E-state index in [0.717, 1.165) is 6.07 Å². The van der Waals surface area contributed by atoms with Crippen LogP contribution in [0.3, 0.4) is 0 Å². The highest BCUT2D eigenvalue weighted by Crippen LogP contribution is 2.14. The number of oxime groups is 1. The number of nitro groups is 1. The second kappa shape index (κ2) is 7.34. The minimum atomic E-state index is -1.45. The second-order valence-electron chi connectivity index (χ2n) is 5.41. The molecule has 0 spiro atoms. The van der Waals surface area contributed by atoms with Crippen LogP contribution in [0.25, 0.3) is 0 Å². The lowest BCUT2D eigenvalue weighted by molar-refractivity contribution is -0.384. The Kier molecular flexibility index (Phi) is 5.77. The Bertz CT molecular complexity index is 647. The van der Waals surface area contributed by atoms with Gasteiger partial charge in [0, 0.05) is 17.7 Å². The molecule has 0 aliphatic rings. The first-order chi connectivity index (χ1) is 10.6. The van der Waals surface area contributed by atoms with Gasteiger partial charge in [0.15, 0.2) is 5.71 Å². The molecule has 1 aromatic rings. The van der Waals surface area contributed by atoms with Crippen molar-refractivity contribution in [2.45, 2.75) is 26.4 Å². The summed E-state index contributed by atoms with van der Waals surface area (Å²) in [7, 11) is 0. The van der Waals surface area contributed by atoms with E-state index < -0.39 is 34.8 Å². The van der Waals surface area contributed by atoms with Crippen molar-refractivity contribution in [2.75, 3.05) is 6.61 Å². The molecule has 0 bridgehead atoms. The molecule has 0 radical (unpaired) electrons. The van der Waals surface area contributed by atoms with Gasteiger partial charge in [-0.2, -0.15) is 0 Å². The van der Waals surface area contributed by atoms with Crippen LogP contribution in [-0.4, -0.2) is 39.9 Å². The van der Waals surface area contributed by atoms with Crippen LogP contribution in [0.2, 0.25) is 0 Å². The van der Waals surface area contributed by atoms with Crippen LogP contribution < -0.4 is 0 Å². The molecule has 0 heterocycles. The van der Waals surface area contributed by atoms with Crippen molar-refractivity contribution in [3.05, 3.63) is 39.9 Å². The van der Waals surface area contributed by atoms with Crippen LogP contribution in [-0.2, 0) is 19.2 Å². The minimum absolute atomic E-state index is 0.0177. The molecule has 0 atom stereocenters. The van der Waals surface area contributed by atoms with E-state index in [9.17, 15) is 19.7 Å². The molecule has 9 heteroatoms. The number of hydrogen-bond donors (Lipinski definition) is 1. The highest BCUT2D eigenvalue weighted by atomic mass is 16.7. The molecule has 0 aliphatic heterocycles. The summed E-state index contributed by atoms with van der Waals surface area (Å²) < 4.78 is 4.97. The van der Waals surface area contributed by atoms with Gasteiger partial charge in [0.25, 0.3) is 5.69 Å². The van der Waals surface area contributed by atoms with Crippen molar-refractivity contribution >= 4 is 23.3 Å². The smallest absolute Gasteiger partial charge is 0.358 e. The number of nitro benzene ring substituents is 1. The van der Waals surface area contributed by atoms with Crippen LogP contribution in [0.5, 0.6) is 0 Å². The molecule has 1 N–H and O–H groups in total. The molecule has 0 fully saturated rings. The Balaban J connectivity index is 2.87. The molecule has 0 amide bonds. The van der Waals surface area contributed by atoms with Crippen LogP contribution >= 0.6 is 0 Å². The van der Waals surface area contributed by atoms with Gasteiger partial charge in [-0.05, 0) is 20.8 Å². The first-order valence-electron chi connectivity index (χ1n) is 6.50. The number of aliphatic carboxylic acids is 1. The molecular formula is C14H16N2O7. The number of benzene rings is 1. The predicted octanol–water partition coefficient (Wildman–Crippen LogP) is 1.74. The van der Waals surface area contributed by atoms with Crippen LogP contribution in [0.4, 0.5) is 5.69 Å². The third kappa shape index (κ3) is 6.12. The lowest BCUT2D eigenvalue weighted by atomic mass is 10.1. The molecule has 0 aromatic heterocycles. The zero-order chi connectivity index (χ0) is 17.6. The number of ether oxygens (including phenoxy) is 1. The van der Waals surface area contributed by atoms with Crippen molar-refractivity contribution in [2.24, 2.45) is 5.16 Å². The van der Waals surface area contributed by atoms with E-state index in [4.69, 9.17) is 9.84 Å². The van der Waals surface area contributed by atoms with Crippen LogP contribution in [0.15, 0.2) is 29.4 Å². The van der Waals surface area contributed by atoms with E-state index in [1.807, 2.05) is 0 Å². The first-order valence-corrected chi connectivity index (χ1v) is 6.50. The highest BCUT2D eigenvalue weighted by molar-refractivity contribution is 6.42. The number of carboxylic acids is 1. The fourth-order valence-electron chi connectivity index (χ4n) is 1.50. The number of nitrogens with zero attached hydrogens (tertiary/aromatic N) is 2. The highest BCUT2D eigenvalue weighted by Gasteiger charge is 2.19. The quantitative estimate of drug-likeness (QED) is 0.365. The van der Waals surface area contributed by atoms with Crippen molar-refractivity contribution in [3.8, 4) is 0 Å². The Morgan fingerprint density at radius 1 is 1.35 bits per heavy atom. The molecular weight excluding hydrogens is 308 g/mol. The van der Waals surface area contributed by atoms with Crippen LogP contribution in [0.1, 0.15) is 26.3 Å². The van der Waals surface area contributed by atoms with Gasteiger partial charge in [0.2, 0.25) is 6.61 Å². The molecule has 124 valence electrons. The summed E-state index contributed by atoms with van der Waals surface area (Å²) in [5, 5.41) is 23.2. The third-order valence-corrected chi connectivity index (χ3v) is 2.29. The number of carboxylic acid groups (broad SMARTS) is 1. The predicted molar refractivity (Wildman–Crippen MR) is 79.1 cm³/mol. The summed E-state index contributed by atoms with van der Waals surface area (Å²) in [5.41, 5.74) is -1.57. The Morgan fingerprint density at radius 3 is 2.52 bits per heavy atom.